The van der Waals surface area contributed by atoms with Gasteiger partial charge in [-0.15, -0.1) is 0 Å². The third-order valence-corrected chi connectivity index (χ3v) is 4.81. The number of nitrogens with one attached hydrogen (secondary N) is 2. The van der Waals surface area contributed by atoms with Crippen molar-refractivity contribution >= 4 is 11.7 Å². The van der Waals surface area contributed by atoms with Gasteiger partial charge in [-0.25, -0.2) is 4.98 Å². The number of nitrogens with zero attached hydrogens (tertiary/aromatic N) is 1. The van der Waals surface area contributed by atoms with E-state index in [-0.39, 0.29) is 5.91 Å². The molecule has 2 aliphatic rings. The highest BCUT2D eigenvalue weighted by atomic mass is 16.1. The Morgan fingerprint density at radius 2 is 2.20 bits per heavy atom. The number of amides is 1. The van der Waals surface area contributed by atoms with Crippen LogP contribution < -0.4 is 10.6 Å². The van der Waals surface area contributed by atoms with Crippen molar-refractivity contribution in [2.24, 2.45) is 11.8 Å². The Morgan fingerprint density at radius 1 is 1.35 bits per heavy atom. The van der Waals surface area contributed by atoms with Gasteiger partial charge in [0, 0.05) is 24.3 Å². The lowest BCUT2D eigenvalue weighted by Crippen LogP contribution is -2.38. The van der Waals surface area contributed by atoms with Crippen molar-refractivity contribution in [3.8, 4) is 0 Å². The molecule has 3 unspecified atom stereocenters. The molecule has 1 aromatic rings. The highest BCUT2D eigenvalue weighted by Gasteiger charge is 2.40. The van der Waals surface area contributed by atoms with Crippen molar-refractivity contribution in [2.75, 3.05) is 12.4 Å². The Morgan fingerprint density at radius 3 is 2.80 bits per heavy atom. The van der Waals surface area contributed by atoms with E-state index in [4.69, 9.17) is 0 Å². The number of aromatic nitrogens is 1. The van der Waals surface area contributed by atoms with E-state index in [2.05, 4.69) is 22.5 Å². The molecule has 1 heterocycles. The molecular formula is C16H23N3O. The summed E-state index contributed by atoms with van der Waals surface area (Å²) in [5, 5.41) is 6.26. The number of aryl methyl sites for hydroxylation is 1. The van der Waals surface area contributed by atoms with E-state index in [1.54, 1.807) is 0 Å². The number of anilines is 1. The fourth-order valence-corrected chi connectivity index (χ4v) is 3.70. The number of hydrogen-bond acceptors (Lipinski definition) is 3. The Bertz CT molecular complexity index is 492. The van der Waals surface area contributed by atoms with Gasteiger partial charge in [-0.2, -0.15) is 0 Å². The van der Waals surface area contributed by atoms with Crippen molar-refractivity contribution in [1.29, 1.82) is 0 Å². The second-order valence-corrected chi connectivity index (χ2v) is 6.09. The molecule has 4 heteroatoms. The minimum absolute atomic E-state index is 0.0520. The first-order valence-electron chi connectivity index (χ1n) is 7.69. The number of hydrogen-bond donors (Lipinski definition) is 2. The molecular weight excluding hydrogens is 250 g/mol. The predicted molar refractivity (Wildman–Crippen MR) is 79.9 cm³/mol. The van der Waals surface area contributed by atoms with Gasteiger partial charge in [0.05, 0.1) is 0 Å². The van der Waals surface area contributed by atoms with Crippen LogP contribution in [0, 0.1) is 11.8 Å². The molecule has 2 saturated carbocycles. The summed E-state index contributed by atoms with van der Waals surface area (Å²) in [6.07, 6.45) is 5.96. The molecule has 2 fully saturated rings. The zero-order valence-electron chi connectivity index (χ0n) is 12.3. The first-order valence-corrected chi connectivity index (χ1v) is 7.69. The van der Waals surface area contributed by atoms with Gasteiger partial charge in [0.1, 0.15) is 5.82 Å². The molecule has 4 nitrogen and oxygen atoms in total. The van der Waals surface area contributed by atoms with E-state index in [0.717, 1.165) is 29.4 Å². The fourth-order valence-electron chi connectivity index (χ4n) is 3.70. The lowest BCUT2D eigenvalue weighted by Gasteiger charge is -2.23. The van der Waals surface area contributed by atoms with Crippen molar-refractivity contribution in [3.05, 3.63) is 23.4 Å². The van der Waals surface area contributed by atoms with Gasteiger partial charge in [0.25, 0.3) is 5.91 Å². The van der Waals surface area contributed by atoms with Crippen LogP contribution in [0.4, 0.5) is 5.82 Å². The smallest absolute Gasteiger partial charge is 0.251 e. The minimum atomic E-state index is 0.0520. The maximum absolute atomic E-state index is 12.4. The molecule has 108 valence electrons. The van der Waals surface area contributed by atoms with E-state index >= 15 is 0 Å². The first kappa shape index (κ1) is 13.4. The summed E-state index contributed by atoms with van der Waals surface area (Å²) in [7, 11) is 1.83. The molecule has 1 aromatic heterocycles. The van der Waals surface area contributed by atoms with Gasteiger partial charge in [0.2, 0.25) is 0 Å². The summed E-state index contributed by atoms with van der Waals surface area (Å²) in [5.41, 5.74) is 1.68. The van der Waals surface area contributed by atoms with Crippen LogP contribution in [0.3, 0.4) is 0 Å². The highest BCUT2D eigenvalue weighted by Crippen LogP contribution is 2.44. The Labute approximate surface area is 120 Å². The zero-order chi connectivity index (χ0) is 14.1. The minimum Gasteiger partial charge on any atom is -0.373 e. The average Bonchev–Trinajstić information content (AvgIpc) is 3.09. The van der Waals surface area contributed by atoms with E-state index < -0.39 is 0 Å². The maximum Gasteiger partial charge on any atom is 0.251 e. The topological polar surface area (TPSA) is 54.0 Å². The monoisotopic (exact) mass is 273 g/mol. The zero-order valence-corrected chi connectivity index (χ0v) is 12.3. The summed E-state index contributed by atoms with van der Waals surface area (Å²) < 4.78 is 0. The van der Waals surface area contributed by atoms with Crippen LogP contribution in [-0.4, -0.2) is 24.0 Å². The predicted octanol–water partition coefficient (Wildman–Crippen LogP) is 2.60. The van der Waals surface area contributed by atoms with E-state index in [9.17, 15) is 4.79 Å². The quantitative estimate of drug-likeness (QED) is 0.886. The third-order valence-electron chi connectivity index (χ3n) is 4.81. The number of carbonyl (C=O) groups excluding carboxylic acids is 1. The average molecular weight is 273 g/mol. The number of carbonyl (C=O) groups is 1. The number of pyridine rings is 1. The van der Waals surface area contributed by atoms with Crippen LogP contribution in [0.2, 0.25) is 0 Å². The van der Waals surface area contributed by atoms with Crippen molar-refractivity contribution in [3.63, 3.8) is 0 Å². The maximum atomic E-state index is 12.4. The lowest BCUT2D eigenvalue weighted by atomic mass is 9.95. The van der Waals surface area contributed by atoms with Crippen LogP contribution in [0.5, 0.6) is 0 Å². The molecule has 2 bridgehead atoms. The van der Waals surface area contributed by atoms with Gasteiger partial charge < -0.3 is 10.6 Å². The molecule has 0 aromatic carbocycles. The summed E-state index contributed by atoms with van der Waals surface area (Å²) >= 11 is 0. The van der Waals surface area contributed by atoms with Crippen LogP contribution >= 0.6 is 0 Å². The molecule has 3 atom stereocenters. The summed E-state index contributed by atoms with van der Waals surface area (Å²) in [6, 6.07) is 4.13. The van der Waals surface area contributed by atoms with Gasteiger partial charge in [-0.05, 0) is 49.7 Å². The fraction of sp³-hybridized carbons (Fsp3) is 0.625. The van der Waals surface area contributed by atoms with Crippen LogP contribution in [0.25, 0.3) is 0 Å². The molecule has 3 rings (SSSR count). The highest BCUT2D eigenvalue weighted by molar-refractivity contribution is 5.95. The molecule has 0 radical (unpaired) electrons. The van der Waals surface area contributed by atoms with Gasteiger partial charge >= 0.3 is 0 Å². The summed E-state index contributed by atoms with van der Waals surface area (Å²) in [4.78, 5) is 16.9. The SMILES string of the molecule is CCc1cc(C(=O)NC2CC3CCC2C3)cc(NC)n1. The molecule has 0 saturated heterocycles. The van der Waals surface area contributed by atoms with Gasteiger partial charge in [0.15, 0.2) is 0 Å². The van der Waals surface area contributed by atoms with Crippen LogP contribution in [0.1, 0.15) is 48.7 Å². The molecule has 2 aliphatic carbocycles. The van der Waals surface area contributed by atoms with Gasteiger partial charge in [-0.3, -0.25) is 4.79 Å². The summed E-state index contributed by atoms with van der Waals surface area (Å²) in [6.45, 7) is 2.05. The van der Waals surface area contributed by atoms with Crippen molar-refractivity contribution in [2.45, 2.75) is 45.1 Å². The second-order valence-electron chi connectivity index (χ2n) is 6.09. The number of fused-ring (bicyclic) bond motifs is 2. The lowest BCUT2D eigenvalue weighted by molar-refractivity contribution is 0.0922. The standard InChI is InChI=1S/C16H23N3O/c1-3-13-8-12(9-15(17-2)18-13)16(20)19-14-7-10-4-5-11(14)6-10/h8-11,14H,3-7H2,1-2H3,(H,17,18)(H,19,20). The number of rotatable bonds is 4. The van der Waals surface area contributed by atoms with E-state index in [1.807, 2.05) is 19.2 Å². The Balaban J connectivity index is 1.73. The molecule has 0 aliphatic heterocycles. The normalized spacial score (nSPS) is 27.6. The molecule has 2 N–H and O–H groups in total. The van der Waals surface area contributed by atoms with Crippen LogP contribution in [0.15, 0.2) is 12.1 Å². The summed E-state index contributed by atoms with van der Waals surface area (Å²) in [5.74, 6) is 2.38. The largest absolute Gasteiger partial charge is 0.373 e. The molecule has 0 spiro atoms. The van der Waals surface area contributed by atoms with E-state index in [1.165, 1.54) is 25.7 Å². The first-order chi connectivity index (χ1) is 9.69. The Kier molecular flexibility index (Phi) is 3.64. The Hall–Kier alpha value is -1.58. The van der Waals surface area contributed by atoms with E-state index in [0.29, 0.717) is 12.0 Å². The van der Waals surface area contributed by atoms with Gasteiger partial charge in [-0.1, -0.05) is 13.3 Å². The van der Waals surface area contributed by atoms with Crippen molar-refractivity contribution < 1.29 is 4.79 Å². The molecule has 20 heavy (non-hydrogen) atoms. The third kappa shape index (κ3) is 2.51. The van der Waals surface area contributed by atoms with Crippen LogP contribution in [-0.2, 0) is 6.42 Å². The second kappa shape index (κ2) is 5.43. The molecule has 1 amide bonds. The van der Waals surface area contributed by atoms with Crippen molar-refractivity contribution in [1.82, 2.24) is 10.3 Å².